The Kier molecular flexibility index (Phi) is 8.79. The summed E-state index contributed by atoms with van der Waals surface area (Å²) in [6, 6.07) is 10.6. The number of hydrogen-bond acceptors (Lipinski definition) is 7. The number of benzene rings is 2. The average molecular weight is 594 g/mol. The van der Waals surface area contributed by atoms with Crippen LogP contribution in [0.25, 0.3) is 0 Å². The number of nitrogens with zero attached hydrogens (tertiary/aromatic N) is 4. The normalized spacial score (nSPS) is 17.0. The summed E-state index contributed by atoms with van der Waals surface area (Å²) in [7, 11) is 0.887. The van der Waals surface area contributed by atoms with Gasteiger partial charge in [-0.1, -0.05) is 6.07 Å². The second-order valence-corrected chi connectivity index (χ2v) is 14.3. The van der Waals surface area contributed by atoms with Crippen molar-refractivity contribution in [1.29, 1.82) is 0 Å². The van der Waals surface area contributed by atoms with Gasteiger partial charge in [0.05, 0.1) is 16.0 Å². The van der Waals surface area contributed by atoms with Gasteiger partial charge in [-0.2, -0.15) is 4.98 Å². The number of piperidine rings is 1. The number of rotatable bonds is 7. The van der Waals surface area contributed by atoms with Crippen LogP contribution in [0.1, 0.15) is 61.5 Å². The maximum absolute atomic E-state index is 15.0. The molecule has 224 valence electrons. The number of amides is 1. The molecule has 2 aliphatic rings. The first-order valence-electron chi connectivity index (χ1n) is 14.5. The van der Waals surface area contributed by atoms with E-state index in [1.165, 1.54) is 17.7 Å². The van der Waals surface area contributed by atoms with E-state index in [0.29, 0.717) is 17.5 Å². The molecule has 1 unspecified atom stereocenters. The van der Waals surface area contributed by atoms with Gasteiger partial charge in [-0.15, -0.1) is 0 Å². The second kappa shape index (κ2) is 12.3. The molecule has 0 saturated carbocycles. The maximum Gasteiger partial charge on any atom is 0.254 e. The van der Waals surface area contributed by atoms with E-state index in [1.807, 2.05) is 44.1 Å². The molecular formula is C31H40FN7O2S. The molecule has 42 heavy (non-hydrogen) atoms. The Morgan fingerprint density at radius 1 is 1.05 bits per heavy atom. The van der Waals surface area contributed by atoms with E-state index >= 15 is 0 Å². The lowest BCUT2D eigenvalue weighted by Gasteiger charge is -2.35. The van der Waals surface area contributed by atoms with E-state index in [9.17, 15) is 13.4 Å². The molecular weight excluding hydrogens is 553 g/mol. The van der Waals surface area contributed by atoms with Gasteiger partial charge in [0, 0.05) is 35.7 Å². The molecule has 3 heterocycles. The third-order valence-corrected chi connectivity index (χ3v) is 9.47. The lowest BCUT2D eigenvalue weighted by atomic mass is 10.0. The molecule has 2 aliphatic heterocycles. The summed E-state index contributed by atoms with van der Waals surface area (Å²) < 4.78 is 29.8. The van der Waals surface area contributed by atoms with E-state index in [4.69, 9.17) is 0 Å². The number of carbonyl (C=O) groups excluding carboxylic acids is 1. The molecule has 2 aromatic carbocycles. The number of hydrogen-bond donors (Lipinski definition) is 3. The first kappa shape index (κ1) is 29.9. The summed E-state index contributed by atoms with van der Waals surface area (Å²) in [6.07, 6.45) is 5.31. The zero-order valence-corrected chi connectivity index (χ0v) is 25.8. The number of halogens is 1. The first-order chi connectivity index (χ1) is 20.0. The van der Waals surface area contributed by atoms with Crippen molar-refractivity contribution in [3.8, 4) is 0 Å². The minimum absolute atomic E-state index is 0.0144. The van der Waals surface area contributed by atoms with Crippen molar-refractivity contribution < 1.29 is 13.4 Å². The number of aryl methyl sites for hydroxylation is 2. The van der Waals surface area contributed by atoms with E-state index < -0.39 is 22.7 Å². The van der Waals surface area contributed by atoms with Gasteiger partial charge in [0.1, 0.15) is 22.6 Å². The van der Waals surface area contributed by atoms with Gasteiger partial charge in [-0.25, -0.2) is 13.6 Å². The Hall–Kier alpha value is -3.57. The number of carbonyl (C=O) groups is 1. The quantitative estimate of drug-likeness (QED) is 0.335. The van der Waals surface area contributed by atoms with E-state index in [-0.39, 0.29) is 16.4 Å². The first-order valence-corrected chi connectivity index (χ1v) is 15.6. The number of likely N-dealkylation sites (tertiary alicyclic amines) is 1. The van der Waals surface area contributed by atoms with Gasteiger partial charge in [-0.05, 0) is 109 Å². The van der Waals surface area contributed by atoms with Crippen molar-refractivity contribution in [2.24, 2.45) is 0 Å². The highest BCUT2D eigenvalue weighted by Crippen LogP contribution is 2.34. The molecule has 0 radical (unpaired) electrons. The fourth-order valence-electron chi connectivity index (χ4n) is 5.21. The van der Waals surface area contributed by atoms with Crippen LogP contribution in [0.2, 0.25) is 0 Å². The summed E-state index contributed by atoms with van der Waals surface area (Å²) in [5.74, 6) is -0.121. The van der Waals surface area contributed by atoms with Crippen LogP contribution in [0.5, 0.6) is 0 Å². The van der Waals surface area contributed by atoms with Crippen LogP contribution in [0.4, 0.5) is 33.2 Å². The predicted octanol–water partition coefficient (Wildman–Crippen LogP) is 5.45. The minimum Gasteiger partial charge on any atom is -0.349 e. The summed E-state index contributed by atoms with van der Waals surface area (Å²) in [4.78, 5) is 23.9. The molecule has 0 bridgehead atoms. The molecule has 3 aromatic rings. The fraction of sp³-hybridized carbons (Fsp3) is 0.452. The monoisotopic (exact) mass is 593 g/mol. The third kappa shape index (κ3) is 6.90. The van der Waals surface area contributed by atoms with Crippen molar-refractivity contribution >= 4 is 45.7 Å². The summed E-state index contributed by atoms with van der Waals surface area (Å²) in [5.41, 5.74) is 4.26. The van der Waals surface area contributed by atoms with Crippen molar-refractivity contribution in [2.45, 2.75) is 64.2 Å². The van der Waals surface area contributed by atoms with Crippen molar-refractivity contribution in [3.63, 3.8) is 0 Å². The van der Waals surface area contributed by atoms with Crippen LogP contribution in [-0.2, 0) is 17.4 Å². The molecule has 1 amide bonds. The molecule has 0 aliphatic carbocycles. The van der Waals surface area contributed by atoms with Crippen molar-refractivity contribution in [3.05, 3.63) is 65.1 Å². The Balaban J connectivity index is 1.29. The predicted molar refractivity (Wildman–Crippen MR) is 168 cm³/mol. The molecule has 1 fully saturated rings. The zero-order valence-electron chi connectivity index (χ0n) is 25.0. The highest BCUT2D eigenvalue weighted by molar-refractivity contribution is 7.87. The Morgan fingerprint density at radius 3 is 2.48 bits per heavy atom. The van der Waals surface area contributed by atoms with E-state index in [0.717, 1.165) is 62.3 Å². The minimum atomic E-state index is -1.17. The maximum atomic E-state index is 15.0. The molecule has 9 nitrogen and oxygen atoms in total. The van der Waals surface area contributed by atoms with Crippen LogP contribution >= 0.6 is 0 Å². The Labute approximate surface area is 249 Å². The van der Waals surface area contributed by atoms with Gasteiger partial charge >= 0.3 is 0 Å². The molecule has 0 spiro atoms. The highest BCUT2D eigenvalue weighted by Gasteiger charge is 2.30. The zero-order chi connectivity index (χ0) is 30.0. The number of anilines is 5. The van der Waals surface area contributed by atoms with Gasteiger partial charge in [-0.3, -0.25) is 9.10 Å². The smallest absolute Gasteiger partial charge is 0.254 e. The Morgan fingerprint density at radius 2 is 1.76 bits per heavy atom. The highest BCUT2D eigenvalue weighted by atomic mass is 32.2. The van der Waals surface area contributed by atoms with Crippen LogP contribution in [0.3, 0.4) is 0 Å². The molecule has 5 rings (SSSR count). The van der Waals surface area contributed by atoms with Crippen LogP contribution < -0.4 is 20.3 Å². The van der Waals surface area contributed by atoms with Gasteiger partial charge < -0.3 is 20.9 Å². The van der Waals surface area contributed by atoms with Crippen molar-refractivity contribution in [2.75, 3.05) is 41.6 Å². The number of nitrogens with one attached hydrogen (secondary N) is 3. The number of aromatic nitrogens is 2. The Bertz CT molecular complexity index is 1480. The van der Waals surface area contributed by atoms with Crippen LogP contribution in [0.15, 0.2) is 42.6 Å². The molecule has 3 N–H and O–H groups in total. The fourth-order valence-corrected chi connectivity index (χ4v) is 6.51. The van der Waals surface area contributed by atoms with Gasteiger partial charge in [0.25, 0.3) is 5.91 Å². The lowest BCUT2D eigenvalue weighted by Crippen LogP contribution is -2.43. The molecule has 1 aromatic heterocycles. The van der Waals surface area contributed by atoms with Crippen molar-refractivity contribution in [1.82, 2.24) is 20.2 Å². The molecule has 1 saturated heterocycles. The molecule has 11 heteroatoms. The average Bonchev–Trinajstić information content (AvgIpc) is 2.95. The summed E-state index contributed by atoms with van der Waals surface area (Å²) >= 11 is 0. The SMILES string of the molecule is Cc1cnc(Nc2ccc(C(=O)NC3CCN(C)CC3)c(F)c2)nc1Nc1ccc2c(c1)N(S(=O)C(C)(C)C)CCC2. The lowest BCUT2D eigenvalue weighted by molar-refractivity contribution is 0.0913. The summed E-state index contributed by atoms with van der Waals surface area (Å²) in [5, 5.41) is 9.39. The topological polar surface area (TPSA) is 102 Å². The van der Waals surface area contributed by atoms with E-state index in [2.05, 4.69) is 43.9 Å². The summed E-state index contributed by atoms with van der Waals surface area (Å²) in [6.45, 7) is 10.4. The van der Waals surface area contributed by atoms with Gasteiger partial charge in [0.15, 0.2) is 0 Å². The van der Waals surface area contributed by atoms with Gasteiger partial charge in [0.2, 0.25) is 5.95 Å². The third-order valence-electron chi connectivity index (χ3n) is 7.64. The van der Waals surface area contributed by atoms with Crippen LogP contribution in [-0.4, -0.2) is 62.5 Å². The standard InChI is InChI=1S/C31H40FN7O2S/c1-20-19-33-30(36-23-10-11-25(26(32)17-23)29(40)35-22-12-15-38(5)16-13-22)37-28(20)34-24-9-8-21-7-6-14-39(27(21)18-24)42(41)31(2,3)4/h8-11,17-19,22H,6-7,12-16H2,1-5H3,(H,35,40)(H2,33,34,36,37). The molecule has 1 atom stereocenters. The van der Waals surface area contributed by atoms with Crippen LogP contribution in [0, 0.1) is 12.7 Å². The van der Waals surface area contributed by atoms with E-state index in [1.54, 1.807) is 12.3 Å². The second-order valence-electron chi connectivity index (χ2n) is 12.1. The largest absolute Gasteiger partial charge is 0.349 e. The number of fused-ring (bicyclic) bond motifs is 1.